The Morgan fingerprint density at radius 2 is 1.56 bits per heavy atom. The molecule has 0 saturated carbocycles. The molecule has 1 heterocycles. The average Bonchev–Trinajstić information content (AvgIpc) is 2.74. The summed E-state index contributed by atoms with van der Waals surface area (Å²) in [5.41, 5.74) is 3.61. The van der Waals surface area contributed by atoms with Gasteiger partial charge in [0.25, 0.3) is 0 Å². The van der Waals surface area contributed by atoms with Crippen LogP contribution in [-0.2, 0) is 9.78 Å². The van der Waals surface area contributed by atoms with Gasteiger partial charge in [0.15, 0.2) is 0 Å². The van der Waals surface area contributed by atoms with Crippen LogP contribution in [0.2, 0.25) is 0 Å². The van der Waals surface area contributed by atoms with Crippen LogP contribution in [0.3, 0.4) is 0 Å². The number of rotatable bonds is 6. The standard InChI is InChI=1S/C21H22N4O2/c1-26-27-21(16-22)15-17-5-7-18(8-6-17)23-24-19-9-11-20(12-10-19)25-13-3-2-4-14-25/h5-12,15H,2-4,13-14H2,1H3/b21-15+,24-23+. The molecule has 0 aliphatic carbocycles. The van der Waals surface area contributed by atoms with Gasteiger partial charge in [-0.25, -0.2) is 0 Å². The molecule has 6 heteroatoms. The summed E-state index contributed by atoms with van der Waals surface area (Å²) in [5, 5.41) is 17.5. The summed E-state index contributed by atoms with van der Waals surface area (Å²) >= 11 is 0. The van der Waals surface area contributed by atoms with E-state index in [0.717, 1.165) is 30.0 Å². The van der Waals surface area contributed by atoms with Crippen LogP contribution in [-0.4, -0.2) is 20.2 Å². The molecule has 2 aromatic carbocycles. The summed E-state index contributed by atoms with van der Waals surface area (Å²) in [5.74, 6) is 0.0840. The zero-order valence-electron chi connectivity index (χ0n) is 15.3. The minimum atomic E-state index is 0.0840. The third-order valence-corrected chi connectivity index (χ3v) is 4.33. The highest BCUT2D eigenvalue weighted by atomic mass is 17.2. The Bertz CT molecular complexity index is 830. The minimum Gasteiger partial charge on any atom is -0.372 e. The number of anilines is 1. The van der Waals surface area contributed by atoms with Gasteiger partial charge in [-0.3, -0.25) is 0 Å². The third kappa shape index (κ3) is 5.40. The molecule has 0 radical (unpaired) electrons. The predicted molar refractivity (Wildman–Crippen MR) is 105 cm³/mol. The smallest absolute Gasteiger partial charge is 0.242 e. The zero-order valence-corrected chi connectivity index (χ0v) is 15.3. The van der Waals surface area contributed by atoms with Crippen LogP contribution >= 0.6 is 0 Å². The Hall–Kier alpha value is -3.17. The summed E-state index contributed by atoms with van der Waals surface area (Å²) in [6, 6.07) is 17.4. The molecule has 138 valence electrons. The molecule has 6 nitrogen and oxygen atoms in total. The van der Waals surface area contributed by atoms with Gasteiger partial charge in [-0.1, -0.05) is 12.1 Å². The Labute approximate surface area is 159 Å². The topological polar surface area (TPSA) is 70.2 Å². The summed E-state index contributed by atoms with van der Waals surface area (Å²) in [4.78, 5) is 11.7. The molecule has 3 rings (SSSR count). The molecule has 0 amide bonds. The van der Waals surface area contributed by atoms with Crippen LogP contribution in [0.5, 0.6) is 0 Å². The van der Waals surface area contributed by atoms with Crippen molar-refractivity contribution in [1.82, 2.24) is 0 Å². The first-order valence-corrected chi connectivity index (χ1v) is 8.98. The number of nitriles is 1. The van der Waals surface area contributed by atoms with Gasteiger partial charge in [0.2, 0.25) is 5.76 Å². The predicted octanol–water partition coefficient (Wildman–Crippen LogP) is 5.53. The molecule has 2 aromatic rings. The Morgan fingerprint density at radius 3 is 2.11 bits per heavy atom. The number of hydrogen-bond donors (Lipinski definition) is 0. The van der Waals surface area contributed by atoms with Crippen molar-refractivity contribution in [2.45, 2.75) is 19.3 Å². The van der Waals surface area contributed by atoms with Crippen LogP contribution in [0, 0.1) is 11.3 Å². The van der Waals surface area contributed by atoms with Gasteiger partial charge in [-0.15, -0.1) is 0 Å². The lowest BCUT2D eigenvalue weighted by molar-refractivity contribution is -0.230. The van der Waals surface area contributed by atoms with Gasteiger partial charge in [0.05, 0.1) is 18.5 Å². The molecule has 1 aliphatic rings. The summed E-state index contributed by atoms with van der Waals surface area (Å²) < 4.78 is 0. The van der Waals surface area contributed by atoms with E-state index in [4.69, 9.17) is 10.1 Å². The van der Waals surface area contributed by atoms with Crippen molar-refractivity contribution in [1.29, 1.82) is 5.26 Å². The summed E-state index contributed by atoms with van der Waals surface area (Å²) in [7, 11) is 1.35. The molecule has 0 aromatic heterocycles. The number of benzene rings is 2. The molecular formula is C21H22N4O2. The van der Waals surface area contributed by atoms with Crippen LogP contribution in [0.15, 0.2) is 64.5 Å². The van der Waals surface area contributed by atoms with Gasteiger partial charge < -0.3 is 9.79 Å². The van der Waals surface area contributed by atoms with Crippen LogP contribution in [0.1, 0.15) is 24.8 Å². The second-order valence-electron chi connectivity index (χ2n) is 6.23. The molecule has 0 spiro atoms. The maximum atomic E-state index is 8.93. The zero-order chi connectivity index (χ0) is 18.9. The molecule has 1 fully saturated rings. The van der Waals surface area contributed by atoms with Crippen molar-refractivity contribution >= 4 is 23.1 Å². The van der Waals surface area contributed by atoms with Gasteiger partial charge in [0.1, 0.15) is 6.07 Å². The molecule has 0 N–H and O–H groups in total. The third-order valence-electron chi connectivity index (χ3n) is 4.33. The van der Waals surface area contributed by atoms with E-state index in [1.807, 2.05) is 42.5 Å². The highest BCUT2D eigenvalue weighted by molar-refractivity contribution is 5.57. The van der Waals surface area contributed by atoms with Crippen molar-refractivity contribution in [3.8, 4) is 6.07 Å². The fourth-order valence-electron chi connectivity index (χ4n) is 2.95. The first-order chi connectivity index (χ1) is 13.3. The molecule has 0 atom stereocenters. The van der Waals surface area contributed by atoms with Crippen molar-refractivity contribution in [3.63, 3.8) is 0 Å². The number of allylic oxidation sites excluding steroid dienone is 1. The number of azo groups is 1. The van der Waals surface area contributed by atoms with Crippen LogP contribution < -0.4 is 4.90 Å². The van der Waals surface area contributed by atoms with Crippen LogP contribution in [0.4, 0.5) is 17.1 Å². The monoisotopic (exact) mass is 362 g/mol. The quantitative estimate of drug-likeness (QED) is 0.222. The average molecular weight is 362 g/mol. The second kappa shape index (κ2) is 9.51. The number of nitrogens with zero attached hydrogens (tertiary/aromatic N) is 4. The van der Waals surface area contributed by atoms with Gasteiger partial charge >= 0.3 is 0 Å². The first kappa shape index (κ1) is 18.6. The normalized spacial score (nSPS) is 15.0. The van der Waals surface area contributed by atoms with Crippen molar-refractivity contribution < 1.29 is 9.78 Å². The van der Waals surface area contributed by atoms with E-state index in [1.165, 1.54) is 32.1 Å². The van der Waals surface area contributed by atoms with E-state index >= 15 is 0 Å². The lowest BCUT2D eigenvalue weighted by atomic mass is 10.1. The Balaban J connectivity index is 1.63. The molecular weight excluding hydrogens is 340 g/mol. The highest BCUT2D eigenvalue weighted by Gasteiger charge is 2.10. The fourth-order valence-corrected chi connectivity index (χ4v) is 2.95. The van der Waals surface area contributed by atoms with Crippen molar-refractivity contribution in [3.05, 3.63) is 59.9 Å². The lowest BCUT2D eigenvalue weighted by Gasteiger charge is -2.28. The van der Waals surface area contributed by atoms with E-state index in [-0.39, 0.29) is 5.76 Å². The molecule has 1 saturated heterocycles. The van der Waals surface area contributed by atoms with E-state index in [1.54, 1.807) is 6.08 Å². The van der Waals surface area contributed by atoms with Gasteiger partial charge in [-0.05, 0) is 61.2 Å². The highest BCUT2D eigenvalue weighted by Crippen LogP contribution is 2.24. The first-order valence-electron chi connectivity index (χ1n) is 8.98. The fraction of sp³-hybridized carbons (Fsp3) is 0.286. The SMILES string of the molecule is COO/C(C#N)=C/c1ccc(/N=N/c2ccc(N3CCCCC3)cc2)cc1. The van der Waals surface area contributed by atoms with Crippen molar-refractivity contribution in [2.75, 3.05) is 25.1 Å². The van der Waals surface area contributed by atoms with Gasteiger partial charge in [0, 0.05) is 24.9 Å². The van der Waals surface area contributed by atoms with E-state index < -0.39 is 0 Å². The summed E-state index contributed by atoms with van der Waals surface area (Å²) in [6.07, 6.45) is 5.44. The van der Waals surface area contributed by atoms with E-state index in [0.29, 0.717) is 0 Å². The Morgan fingerprint density at radius 1 is 0.963 bits per heavy atom. The molecule has 0 unspecified atom stereocenters. The number of piperidine rings is 1. The molecule has 1 aliphatic heterocycles. The largest absolute Gasteiger partial charge is 0.372 e. The number of hydrogen-bond acceptors (Lipinski definition) is 6. The van der Waals surface area contributed by atoms with Gasteiger partial charge in [-0.2, -0.15) is 20.4 Å². The summed E-state index contributed by atoms with van der Waals surface area (Å²) in [6.45, 7) is 2.26. The Kier molecular flexibility index (Phi) is 6.55. The maximum Gasteiger partial charge on any atom is 0.242 e. The van der Waals surface area contributed by atoms with Crippen LogP contribution in [0.25, 0.3) is 6.08 Å². The molecule has 27 heavy (non-hydrogen) atoms. The van der Waals surface area contributed by atoms with E-state index in [2.05, 4.69) is 32.1 Å². The van der Waals surface area contributed by atoms with Crippen molar-refractivity contribution in [2.24, 2.45) is 10.2 Å². The molecule has 0 bridgehead atoms. The lowest BCUT2D eigenvalue weighted by Crippen LogP contribution is -2.29. The van der Waals surface area contributed by atoms with E-state index in [9.17, 15) is 0 Å². The second-order valence-corrected chi connectivity index (χ2v) is 6.23. The maximum absolute atomic E-state index is 8.93. The minimum absolute atomic E-state index is 0.0840.